The van der Waals surface area contributed by atoms with Gasteiger partial charge in [-0.2, -0.15) is 0 Å². The van der Waals surface area contributed by atoms with Gasteiger partial charge in [-0.1, -0.05) is 48.5 Å². The minimum Gasteiger partial charge on any atom is -0.285 e. The number of nitro groups is 1. The maximum Gasteiger partial charge on any atom is 0.275 e. The summed E-state index contributed by atoms with van der Waals surface area (Å²) in [7, 11) is 3.58. The first kappa shape index (κ1) is 24.8. The Bertz CT molecular complexity index is 1670. The molecule has 0 spiro atoms. The zero-order valence-corrected chi connectivity index (χ0v) is 21.5. The first-order valence-electron chi connectivity index (χ1n) is 12.1. The topological polar surface area (TPSA) is 97.0 Å². The van der Waals surface area contributed by atoms with Gasteiger partial charge < -0.3 is 0 Å². The van der Waals surface area contributed by atoms with E-state index in [4.69, 9.17) is 0 Å². The second kappa shape index (κ2) is 9.51. The van der Waals surface area contributed by atoms with Crippen LogP contribution in [0.3, 0.4) is 0 Å². The van der Waals surface area contributed by atoms with E-state index in [1.807, 2.05) is 74.5 Å². The van der Waals surface area contributed by atoms with Crippen LogP contribution in [-0.2, 0) is 14.1 Å². The van der Waals surface area contributed by atoms with Crippen molar-refractivity contribution < 1.29 is 4.92 Å². The largest absolute Gasteiger partial charge is 0.285 e. The number of non-ortho nitro benzene ring substituents is 1. The molecule has 0 aliphatic rings. The van der Waals surface area contributed by atoms with Crippen LogP contribution in [0.4, 0.5) is 5.69 Å². The van der Waals surface area contributed by atoms with E-state index in [9.17, 15) is 19.7 Å². The number of nitro benzene ring substituents is 1. The zero-order valence-electron chi connectivity index (χ0n) is 21.5. The van der Waals surface area contributed by atoms with E-state index in [2.05, 4.69) is 0 Å². The maximum atomic E-state index is 14.1. The molecule has 0 radical (unpaired) electrons. The van der Waals surface area contributed by atoms with Crippen LogP contribution in [0.5, 0.6) is 0 Å². The van der Waals surface area contributed by atoms with Gasteiger partial charge in [0.25, 0.3) is 16.8 Å². The van der Waals surface area contributed by atoms with Gasteiger partial charge in [0.05, 0.1) is 27.4 Å². The van der Waals surface area contributed by atoms with E-state index in [0.29, 0.717) is 39.5 Å². The van der Waals surface area contributed by atoms with Gasteiger partial charge in [-0.05, 0) is 43.7 Å². The molecule has 2 aromatic heterocycles. The second-order valence-corrected chi connectivity index (χ2v) is 9.24. The third-order valence-electron chi connectivity index (χ3n) is 7.19. The third-order valence-corrected chi connectivity index (χ3v) is 7.19. The number of rotatable bonds is 6. The molecule has 38 heavy (non-hydrogen) atoms. The second-order valence-electron chi connectivity index (χ2n) is 9.24. The van der Waals surface area contributed by atoms with Crippen LogP contribution in [0, 0.1) is 24.0 Å². The van der Waals surface area contributed by atoms with E-state index in [-0.39, 0.29) is 16.8 Å². The smallest absolute Gasteiger partial charge is 0.275 e. The predicted molar refractivity (Wildman–Crippen MR) is 146 cm³/mol. The summed E-state index contributed by atoms with van der Waals surface area (Å²) in [6.07, 6.45) is 0. The lowest BCUT2D eigenvalue weighted by atomic mass is 9.85. The average molecular weight is 510 g/mol. The molecule has 0 fully saturated rings. The quantitative estimate of drug-likeness (QED) is 0.251. The van der Waals surface area contributed by atoms with Gasteiger partial charge in [-0.25, -0.2) is 9.36 Å². The Morgan fingerprint density at radius 1 is 0.684 bits per heavy atom. The van der Waals surface area contributed by atoms with Gasteiger partial charge in [0.2, 0.25) is 0 Å². The van der Waals surface area contributed by atoms with Crippen molar-refractivity contribution in [3.05, 3.63) is 144 Å². The summed E-state index contributed by atoms with van der Waals surface area (Å²) in [6.45, 7) is 3.66. The molecule has 2 heterocycles. The van der Waals surface area contributed by atoms with Crippen LogP contribution >= 0.6 is 0 Å². The van der Waals surface area contributed by atoms with Crippen molar-refractivity contribution >= 4 is 5.69 Å². The standard InChI is InChI=1S/C29H27N5O4/c1-19-25(28(35)32(30(19)3)22-13-7-5-8-14-22)27(21-12-11-17-24(18-21)34(37)38)26-20(2)31(4)33(29(26)36)23-15-9-6-10-16-23/h5-18,27H,1-4H3. The number of aromatic nitrogens is 4. The number of benzene rings is 3. The number of para-hydroxylation sites is 2. The van der Waals surface area contributed by atoms with Gasteiger partial charge in [-0.15, -0.1) is 0 Å². The molecule has 5 aromatic rings. The first-order chi connectivity index (χ1) is 18.2. The minimum absolute atomic E-state index is 0.110. The van der Waals surface area contributed by atoms with Gasteiger partial charge in [0, 0.05) is 43.5 Å². The molecule has 0 atom stereocenters. The molecule has 0 unspecified atom stereocenters. The van der Waals surface area contributed by atoms with E-state index in [1.165, 1.54) is 12.1 Å². The molecule has 0 saturated heterocycles. The molecule has 0 bridgehead atoms. The Balaban J connectivity index is 1.86. The highest BCUT2D eigenvalue weighted by molar-refractivity contribution is 5.50. The molecular weight excluding hydrogens is 482 g/mol. The molecule has 9 heteroatoms. The molecule has 0 amide bonds. The summed E-state index contributed by atoms with van der Waals surface area (Å²) < 4.78 is 6.63. The number of nitrogens with zero attached hydrogens (tertiary/aromatic N) is 5. The van der Waals surface area contributed by atoms with Crippen LogP contribution in [0.1, 0.15) is 34.0 Å². The molecule has 0 N–H and O–H groups in total. The normalized spacial score (nSPS) is 11.3. The fourth-order valence-electron chi connectivity index (χ4n) is 5.14. The molecule has 0 saturated carbocycles. The summed E-state index contributed by atoms with van der Waals surface area (Å²) in [5, 5.41) is 11.7. The SMILES string of the molecule is Cc1c(C(c2cccc([N+](=O)[O-])c2)c2c(C)n(C)n(-c3ccccc3)c2=O)c(=O)n(-c2ccccc2)n1C. The lowest BCUT2D eigenvalue weighted by Gasteiger charge is -2.16. The molecule has 9 nitrogen and oxygen atoms in total. The highest BCUT2D eigenvalue weighted by Gasteiger charge is 2.33. The highest BCUT2D eigenvalue weighted by Crippen LogP contribution is 2.34. The summed E-state index contributed by atoms with van der Waals surface area (Å²) in [5.74, 6) is -0.831. The van der Waals surface area contributed by atoms with Gasteiger partial charge in [0.15, 0.2) is 0 Å². The number of hydrogen-bond donors (Lipinski definition) is 0. The number of hydrogen-bond acceptors (Lipinski definition) is 4. The lowest BCUT2D eigenvalue weighted by molar-refractivity contribution is -0.384. The lowest BCUT2D eigenvalue weighted by Crippen LogP contribution is -2.26. The molecule has 3 aromatic carbocycles. The van der Waals surface area contributed by atoms with Crippen LogP contribution < -0.4 is 11.1 Å². The molecule has 0 aliphatic heterocycles. The molecule has 5 rings (SSSR count). The Hall–Kier alpha value is -4.92. The minimum atomic E-state index is -0.831. The van der Waals surface area contributed by atoms with Crippen molar-refractivity contribution in [2.24, 2.45) is 14.1 Å². The van der Waals surface area contributed by atoms with Crippen molar-refractivity contribution in [1.82, 2.24) is 18.7 Å². The van der Waals surface area contributed by atoms with Crippen molar-refractivity contribution in [1.29, 1.82) is 0 Å². The van der Waals surface area contributed by atoms with E-state index >= 15 is 0 Å². The fraction of sp³-hybridized carbons (Fsp3) is 0.172. The van der Waals surface area contributed by atoms with E-state index in [0.717, 1.165) is 0 Å². The van der Waals surface area contributed by atoms with Crippen LogP contribution in [0.2, 0.25) is 0 Å². The monoisotopic (exact) mass is 509 g/mol. The molecular formula is C29H27N5O4. The first-order valence-corrected chi connectivity index (χ1v) is 12.1. The Morgan fingerprint density at radius 3 is 1.55 bits per heavy atom. The summed E-state index contributed by atoms with van der Waals surface area (Å²) in [4.78, 5) is 39.4. The fourth-order valence-corrected chi connectivity index (χ4v) is 5.14. The van der Waals surface area contributed by atoms with Gasteiger partial charge in [-0.3, -0.25) is 29.1 Å². The summed E-state index contributed by atoms with van der Waals surface area (Å²) in [5.41, 5.74) is 3.26. The van der Waals surface area contributed by atoms with Crippen molar-refractivity contribution in [2.45, 2.75) is 19.8 Å². The van der Waals surface area contributed by atoms with Gasteiger partial charge >= 0.3 is 0 Å². The Morgan fingerprint density at radius 2 is 1.13 bits per heavy atom. The van der Waals surface area contributed by atoms with Crippen molar-refractivity contribution in [3.8, 4) is 11.4 Å². The summed E-state index contributed by atoms with van der Waals surface area (Å²) >= 11 is 0. The van der Waals surface area contributed by atoms with Crippen molar-refractivity contribution in [3.63, 3.8) is 0 Å². The van der Waals surface area contributed by atoms with Crippen LogP contribution in [0.15, 0.2) is 94.5 Å². The Kier molecular flexibility index (Phi) is 6.20. The predicted octanol–water partition coefficient (Wildman–Crippen LogP) is 4.37. The van der Waals surface area contributed by atoms with E-state index < -0.39 is 10.8 Å². The zero-order chi connectivity index (χ0) is 27.1. The maximum absolute atomic E-state index is 14.1. The van der Waals surface area contributed by atoms with Crippen molar-refractivity contribution in [2.75, 3.05) is 0 Å². The van der Waals surface area contributed by atoms with Gasteiger partial charge in [0.1, 0.15) is 0 Å². The summed E-state index contributed by atoms with van der Waals surface area (Å²) in [6, 6.07) is 24.7. The molecule has 192 valence electrons. The highest BCUT2D eigenvalue weighted by atomic mass is 16.6. The Labute approximate surface area is 218 Å². The third kappa shape index (κ3) is 3.88. The molecule has 0 aliphatic carbocycles. The van der Waals surface area contributed by atoms with Crippen LogP contribution in [-0.4, -0.2) is 23.7 Å². The van der Waals surface area contributed by atoms with E-state index in [1.54, 1.807) is 45.0 Å². The average Bonchev–Trinajstić information content (AvgIpc) is 3.28. The van der Waals surface area contributed by atoms with Crippen LogP contribution in [0.25, 0.3) is 11.4 Å².